The first-order valence-electron chi connectivity index (χ1n) is 4.37. The van der Waals surface area contributed by atoms with Crippen molar-refractivity contribution >= 4 is 11.3 Å². The molecule has 0 saturated carbocycles. The molecule has 2 rings (SSSR count). The minimum atomic E-state index is 0.873. The Balaban J connectivity index is 2.50. The van der Waals surface area contributed by atoms with Gasteiger partial charge < -0.3 is 4.74 Å². The number of ether oxygens (including phenoxy) is 1. The molecule has 0 atom stereocenters. The Kier molecular flexibility index (Phi) is 2.50. The second-order valence-corrected chi connectivity index (χ2v) is 4.01. The monoisotopic (exact) mass is 205 g/mol. The van der Waals surface area contributed by atoms with Crippen molar-refractivity contribution in [1.82, 2.24) is 4.98 Å². The lowest BCUT2D eigenvalue weighted by Gasteiger charge is -2.04. The van der Waals surface area contributed by atoms with E-state index >= 15 is 0 Å². The molecule has 0 N–H and O–H groups in total. The van der Waals surface area contributed by atoms with Crippen LogP contribution in [0.4, 0.5) is 0 Å². The molecular formula is C11H11NOS. The van der Waals surface area contributed by atoms with Gasteiger partial charge in [0.1, 0.15) is 5.75 Å². The number of benzene rings is 1. The highest BCUT2D eigenvalue weighted by atomic mass is 32.1. The summed E-state index contributed by atoms with van der Waals surface area (Å²) in [4.78, 5) is 4.43. The molecule has 0 spiro atoms. The number of aryl methyl sites for hydroxylation is 1. The summed E-state index contributed by atoms with van der Waals surface area (Å²) in [6.07, 6.45) is 0. The van der Waals surface area contributed by atoms with E-state index in [2.05, 4.69) is 4.98 Å². The topological polar surface area (TPSA) is 22.1 Å². The summed E-state index contributed by atoms with van der Waals surface area (Å²) in [7, 11) is 1.68. The number of hydrogen-bond acceptors (Lipinski definition) is 3. The van der Waals surface area contributed by atoms with Crippen LogP contribution < -0.4 is 4.74 Å². The normalized spacial score (nSPS) is 10.1. The molecular weight excluding hydrogens is 194 g/mol. The third kappa shape index (κ3) is 1.63. The van der Waals surface area contributed by atoms with Crippen LogP contribution in [-0.4, -0.2) is 12.1 Å². The van der Waals surface area contributed by atoms with Crippen molar-refractivity contribution in [3.05, 3.63) is 34.7 Å². The van der Waals surface area contributed by atoms with Gasteiger partial charge >= 0.3 is 0 Å². The van der Waals surface area contributed by atoms with Crippen LogP contribution in [0.2, 0.25) is 0 Å². The fourth-order valence-electron chi connectivity index (χ4n) is 1.34. The summed E-state index contributed by atoms with van der Waals surface area (Å²) in [5, 5.41) is 3.12. The summed E-state index contributed by atoms with van der Waals surface area (Å²) in [6, 6.07) is 7.92. The van der Waals surface area contributed by atoms with Crippen molar-refractivity contribution in [3.8, 4) is 17.0 Å². The minimum Gasteiger partial charge on any atom is -0.496 e. The van der Waals surface area contributed by atoms with Crippen LogP contribution >= 0.6 is 11.3 Å². The quantitative estimate of drug-likeness (QED) is 0.751. The highest BCUT2D eigenvalue weighted by molar-refractivity contribution is 7.09. The lowest BCUT2D eigenvalue weighted by molar-refractivity contribution is 0.416. The molecule has 14 heavy (non-hydrogen) atoms. The summed E-state index contributed by atoms with van der Waals surface area (Å²) in [6.45, 7) is 2.00. The van der Waals surface area contributed by atoms with E-state index in [9.17, 15) is 0 Å². The average molecular weight is 205 g/mol. The molecule has 0 amide bonds. The molecule has 0 aliphatic heterocycles. The van der Waals surface area contributed by atoms with Crippen LogP contribution in [0.3, 0.4) is 0 Å². The van der Waals surface area contributed by atoms with Crippen molar-refractivity contribution in [2.75, 3.05) is 7.11 Å². The van der Waals surface area contributed by atoms with E-state index in [-0.39, 0.29) is 0 Å². The molecule has 72 valence electrons. The molecule has 1 heterocycles. The Hall–Kier alpha value is -1.35. The van der Waals surface area contributed by atoms with Gasteiger partial charge in [0.15, 0.2) is 0 Å². The molecule has 0 aliphatic rings. The van der Waals surface area contributed by atoms with E-state index in [1.807, 2.05) is 36.6 Å². The van der Waals surface area contributed by atoms with Crippen molar-refractivity contribution in [1.29, 1.82) is 0 Å². The number of rotatable bonds is 2. The first kappa shape index (κ1) is 9.21. The maximum absolute atomic E-state index is 5.27. The maximum atomic E-state index is 5.27. The molecule has 1 aromatic heterocycles. The molecule has 0 unspecified atom stereocenters. The lowest BCUT2D eigenvalue weighted by atomic mass is 10.1. The molecule has 0 fully saturated rings. The zero-order chi connectivity index (χ0) is 9.97. The molecule has 0 aliphatic carbocycles. The predicted molar refractivity (Wildman–Crippen MR) is 58.8 cm³/mol. The van der Waals surface area contributed by atoms with Crippen molar-refractivity contribution in [2.24, 2.45) is 0 Å². The number of aromatic nitrogens is 1. The Morgan fingerprint density at radius 2 is 2.07 bits per heavy atom. The van der Waals surface area contributed by atoms with E-state index in [0.717, 1.165) is 22.0 Å². The van der Waals surface area contributed by atoms with Crippen molar-refractivity contribution in [2.45, 2.75) is 6.92 Å². The van der Waals surface area contributed by atoms with Crippen molar-refractivity contribution in [3.63, 3.8) is 0 Å². The zero-order valence-electron chi connectivity index (χ0n) is 8.15. The van der Waals surface area contributed by atoms with Crippen LogP contribution in [0.1, 0.15) is 5.01 Å². The summed E-state index contributed by atoms with van der Waals surface area (Å²) in [5.41, 5.74) is 2.05. The van der Waals surface area contributed by atoms with Gasteiger partial charge in [-0.3, -0.25) is 0 Å². The fourth-order valence-corrected chi connectivity index (χ4v) is 1.96. The molecule has 3 heteroatoms. The average Bonchev–Trinajstić information content (AvgIpc) is 2.65. The first-order valence-corrected chi connectivity index (χ1v) is 5.25. The van der Waals surface area contributed by atoms with E-state index in [0.29, 0.717) is 0 Å². The van der Waals surface area contributed by atoms with E-state index < -0.39 is 0 Å². The van der Waals surface area contributed by atoms with E-state index in [1.54, 1.807) is 18.4 Å². The Labute approximate surface area is 87.2 Å². The molecule has 2 aromatic rings. The third-order valence-corrected chi connectivity index (χ3v) is 2.78. The number of hydrogen-bond donors (Lipinski definition) is 0. The maximum Gasteiger partial charge on any atom is 0.128 e. The number of nitrogens with zero attached hydrogens (tertiary/aromatic N) is 1. The van der Waals surface area contributed by atoms with Crippen molar-refractivity contribution < 1.29 is 4.74 Å². The number of thiazole rings is 1. The fraction of sp³-hybridized carbons (Fsp3) is 0.182. The zero-order valence-corrected chi connectivity index (χ0v) is 8.97. The summed E-state index contributed by atoms with van der Waals surface area (Å²) < 4.78 is 5.27. The molecule has 0 bridgehead atoms. The van der Waals surface area contributed by atoms with Crippen LogP contribution in [-0.2, 0) is 0 Å². The van der Waals surface area contributed by atoms with Gasteiger partial charge in [0.05, 0.1) is 17.8 Å². The first-order chi connectivity index (χ1) is 6.81. The smallest absolute Gasteiger partial charge is 0.128 e. The highest BCUT2D eigenvalue weighted by Crippen LogP contribution is 2.29. The number of para-hydroxylation sites is 1. The molecule has 0 radical (unpaired) electrons. The van der Waals surface area contributed by atoms with Crippen LogP contribution in [0.5, 0.6) is 5.75 Å². The Morgan fingerprint density at radius 3 is 2.71 bits per heavy atom. The van der Waals surface area contributed by atoms with Gasteiger partial charge in [0, 0.05) is 10.9 Å². The van der Waals surface area contributed by atoms with Gasteiger partial charge in [-0.2, -0.15) is 0 Å². The van der Waals surface area contributed by atoms with Crippen LogP contribution in [0, 0.1) is 6.92 Å². The predicted octanol–water partition coefficient (Wildman–Crippen LogP) is 3.13. The second kappa shape index (κ2) is 3.80. The van der Waals surface area contributed by atoms with Gasteiger partial charge in [-0.1, -0.05) is 12.1 Å². The van der Waals surface area contributed by atoms with Gasteiger partial charge in [-0.25, -0.2) is 4.98 Å². The Bertz CT molecular complexity index is 436. The second-order valence-electron chi connectivity index (χ2n) is 2.95. The van der Waals surface area contributed by atoms with Crippen LogP contribution in [0.15, 0.2) is 29.6 Å². The van der Waals surface area contributed by atoms with E-state index in [4.69, 9.17) is 4.74 Å². The Morgan fingerprint density at radius 1 is 1.29 bits per heavy atom. The number of methoxy groups -OCH3 is 1. The lowest BCUT2D eigenvalue weighted by Crippen LogP contribution is -1.87. The van der Waals surface area contributed by atoms with E-state index in [1.165, 1.54) is 0 Å². The minimum absolute atomic E-state index is 0.873. The molecule has 1 aromatic carbocycles. The van der Waals surface area contributed by atoms with Gasteiger partial charge in [-0.05, 0) is 19.1 Å². The third-order valence-electron chi connectivity index (χ3n) is 2.00. The molecule has 2 nitrogen and oxygen atoms in total. The largest absolute Gasteiger partial charge is 0.496 e. The summed E-state index contributed by atoms with van der Waals surface area (Å²) in [5.74, 6) is 0.873. The summed E-state index contributed by atoms with van der Waals surface area (Å²) >= 11 is 1.65. The SMILES string of the molecule is COc1ccccc1-c1csc(C)n1. The van der Waals surface area contributed by atoms with Crippen LogP contribution in [0.25, 0.3) is 11.3 Å². The van der Waals surface area contributed by atoms with Gasteiger partial charge in [-0.15, -0.1) is 11.3 Å². The standard InChI is InChI=1S/C11H11NOS/c1-8-12-10(7-14-8)9-5-3-4-6-11(9)13-2/h3-7H,1-2H3. The van der Waals surface area contributed by atoms with Gasteiger partial charge in [0.2, 0.25) is 0 Å². The highest BCUT2D eigenvalue weighted by Gasteiger charge is 2.06. The molecule has 0 saturated heterocycles. The van der Waals surface area contributed by atoms with Gasteiger partial charge in [0.25, 0.3) is 0 Å².